The van der Waals surface area contributed by atoms with Crippen LogP contribution in [0, 0.1) is 5.92 Å². The predicted molar refractivity (Wildman–Crippen MR) is 60.6 cm³/mol. The van der Waals surface area contributed by atoms with Crippen LogP contribution in [0.2, 0.25) is 0 Å². The van der Waals surface area contributed by atoms with E-state index in [4.69, 9.17) is 14.4 Å². The van der Waals surface area contributed by atoms with Crippen molar-refractivity contribution < 1.29 is 24.0 Å². The van der Waals surface area contributed by atoms with Crippen molar-refractivity contribution >= 4 is 5.97 Å². The number of carbonyl (C=O) groups excluding carboxylic acids is 1. The molecule has 0 saturated carbocycles. The molecule has 0 aromatic heterocycles. The Morgan fingerprint density at radius 3 is 2.47 bits per heavy atom. The van der Waals surface area contributed by atoms with Crippen molar-refractivity contribution in [1.82, 2.24) is 0 Å². The van der Waals surface area contributed by atoms with Crippen LogP contribution in [0.1, 0.15) is 20.8 Å². The van der Waals surface area contributed by atoms with Crippen LogP contribution in [0.5, 0.6) is 0 Å². The van der Waals surface area contributed by atoms with Crippen LogP contribution >= 0.6 is 0 Å². The molecular formula is C12H18O5. The highest BCUT2D eigenvalue weighted by Crippen LogP contribution is 2.33. The Labute approximate surface area is 101 Å². The number of esters is 1. The molecule has 1 unspecified atom stereocenters. The Morgan fingerprint density at radius 2 is 1.94 bits per heavy atom. The lowest BCUT2D eigenvalue weighted by Gasteiger charge is -2.26. The number of carbonyl (C=O) groups is 1. The molecule has 96 valence electrons. The fourth-order valence-corrected chi connectivity index (χ4v) is 1.91. The van der Waals surface area contributed by atoms with Gasteiger partial charge in [0.2, 0.25) is 0 Å². The van der Waals surface area contributed by atoms with E-state index >= 15 is 0 Å². The zero-order valence-corrected chi connectivity index (χ0v) is 10.8. The topological polar surface area (TPSA) is 54.0 Å². The van der Waals surface area contributed by atoms with Crippen LogP contribution in [-0.4, -0.2) is 26.8 Å². The van der Waals surface area contributed by atoms with Crippen molar-refractivity contribution in [3.05, 3.63) is 22.7 Å². The first-order valence-corrected chi connectivity index (χ1v) is 5.35. The molecule has 0 bridgehead atoms. The van der Waals surface area contributed by atoms with Gasteiger partial charge in [0.25, 0.3) is 0 Å². The van der Waals surface area contributed by atoms with E-state index in [2.05, 4.69) is 4.89 Å². The molecule has 0 amide bonds. The molecule has 17 heavy (non-hydrogen) atoms. The van der Waals surface area contributed by atoms with E-state index in [1.54, 1.807) is 6.92 Å². The Hall–Kier alpha value is -1.33. The summed E-state index contributed by atoms with van der Waals surface area (Å²) in [5.41, 5.74) is 1.39. The normalized spacial score (nSPS) is 20.4. The smallest absolute Gasteiger partial charge is 0.337 e. The Morgan fingerprint density at radius 1 is 1.29 bits per heavy atom. The van der Waals surface area contributed by atoms with Crippen molar-refractivity contribution in [2.45, 2.75) is 20.8 Å². The average Bonchev–Trinajstić information content (AvgIpc) is 2.28. The average molecular weight is 242 g/mol. The van der Waals surface area contributed by atoms with Crippen LogP contribution in [0.3, 0.4) is 0 Å². The minimum Gasteiger partial charge on any atom is -0.466 e. The molecule has 1 aliphatic heterocycles. The second-order valence-corrected chi connectivity index (χ2v) is 3.80. The van der Waals surface area contributed by atoms with Crippen LogP contribution in [0.25, 0.3) is 0 Å². The third-order valence-corrected chi connectivity index (χ3v) is 2.83. The van der Waals surface area contributed by atoms with Gasteiger partial charge in [-0.25, -0.2) is 14.6 Å². The van der Waals surface area contributed by atoms with Crippen LogP contribution < -0.4 is 0 Å². The summed E-state index contributed by atoms with van der Waals surface area (Å²) in [7, 11) is 2.79. The predicted octanol–water partition coefficient (Wildman–Crippen LogP) is 1.95. The molecular weight excluding hydrogens is 224 g/mol. The maximum Gasteiger partial charge on any atom is 0.337 e. The van der Waals surface area contributed by atoms with E-state index < -0.39 is 0 Å². The van der Waals surface area contributed by atoms with Gasteiger partial charge in [-0.1, -0.05) is 6.92 Å². The first kappa shape index (κ1) is 13.7. The first-order chi connectivity index (χ1) is 8.02. The van der Waals surface area contributed by atoms with Gasteiger partial charge in [-0.3, -0.25) is 0 Å². The van der Waals surface area contributed by atoms with Crippen molar-refractivity contribution in [1.29, 1.82) is 0 Å². The van der Waals surface area contributed by atoms with Gasteiger partial charge in [-0.05, 0) is 13.8 Å². The minimum absolute atomic E-state index is 0.105. The van der Waals surface area contributed by atoms with Gasteiger partial charge >= 0.3 is 5.97 Å². The first-order valence-electron chi connectivity index (χ1n) is 5.35. The molecule has 0 aliphatic carbocycles. The number of allylic oxidation sites excluding steroid dienone is 2. The number of rotatable bonds is 4. The zero-order valence-electron chi connectivity index (χ0n) is 10.8. The molecule has 0 saturated heterocycles. The quantitative estimate of drug-likeness (QED) is 0.428. The molecule has 0 fully saturated rings. The zero-order chi connectivity index (χ0) is 13.0. The molecule has 0 N–H and O–H groups in total. The van der Waals surface area contributed by atoms with Gasteiger partial charge < -0.3 is 9.47 Å². The van der Waals surface area contributed by atoms with Gasteiger partial charge in [0.1, 0.15) is 18.1 Å². The third-order valence-electron chi connectivity index (χ3n) is 2.83. The summed E-state index contributed by atoms with van der Waals surface area (Å²) in [4.78, 5) is 21.1. The monoisotopic (exact) mass is 242 g/mol. The molecule has 5 nitrogen and oxygen atoms in total. The molecule has 1 heterocycles. The Balaban J connectivity index is 2.96. The molecule has 0 spiro atoms. The second kappa shape index (κ2) is 5.84. The van der Waals surface area contributed by atoms with E-state index in [9.17, 15) is 4.79 Å². The lowest BCUT2D eigenvalue weighted by Crippen LogP contribution is -2.23. The van der Waals surface area contributed by atoms with Crippen LogP contribution in [-0.2, 0) is 24.0 Å². The van der Waals surface area contributed by atoms with E-state index in [1.807, 2.05) is 13.8 Å². The maximum atomic E-state index is 11.7. The molecule has 1 rings (SSSR count). The summed E-state index contributed by atoms with van der Waals surface area (Å²) >= 11 is 0. The lowest BCUT2D eigenvalue weighted by atomic mass is 9.89. The summed E-state index contributed by atoms with van der Waals surface area (Å²) < 4.78 is 10.3. The van der Waals surface area contributed by atoms with Gasteiger partial charge in [-0.15, -0.1) is 0 Å². The number of hydrogen-bond acceptors (Lipinski definition) is 5. The molecule has 1 aliphatic rings. The largest absolute Gasteiger partial charge is 0.466 e. The third kappa shape index (κ3) is 2.87. The summed E-state index contributed by atoms with van der Waals surface area (Å²) in [6, 6.07) is 0. The van der Waals surface area contributed by atoms with E-state index in [-0.39, 0.29) is 18.5 Å². The van der Waals surface area contributed by atoms with Crippen LogP contribution in [0.15, 0.2) is 22.7 Å². The van der Waals surface area contributed by atoms with E-state index in [0.717, 1.165) is 11.3 Å². The lowest BCUT2D eigenvalue weighted by molar-refractivity contribution is -0.266. The maximum absolute atomic E-state index is 11.7. The van der Waals surface area contributed by atoms with E-state index in [1.165, 1.54) is 14.2 Å². The molecule has 0 aromatic carbocycles. The summed E-state index contributed by atoms with van der Waals surface area (Å²) in [6.07, 6.45) is 0. The number of methoxy groups -OCH3 is 1. The molecule has 1 atom stereocenters. The van der Waals surface area contributed by atoms with Crippen molar-refractivity contribution in [3.63, 3.8) is 0 Å². The van der Waals surface area contributed by atoms with Crippen molar-refractivity contribution in [2.24, 2.45) is 5.92 Å². The number of ether oxygens (including phenoxy) is 2. The Kier molecular flexibility index (Phi) is 4.72. The van der Waals surface area contributed by atoms with E-state index in [0.29, 0.717) is 11.3 Å². The van der Waals surface area contributed by atoms with Crippen LogP contribution in [0.4, 0.5) is 0 Å². The highest BCUT2D eigenvalue weighted by atomic mass is 17.2. The molecule has 0 aromatic rings. The summed E-state index contributed by atoms with van der Waals surface area (Å²) in [5, 5.41) is 0. The van der Waals surface area contributed by atoms with Gasteiger partial charge in [0, 0.05) is 11.5 Å². The SMILES string of the molecule is COOCC1=C(C)OC(C)=C(C(=O)OC)C1C. The Bertz CT molecular complexity index is 367. The van der Waals surface area contributed by atoms with Crippen molar-refractivity contribution in [3.8, 4) is 0 Å². The summed E-state index contributed by atoms with van der Waals surface area (Å²) in [6.45, 7) is 5.76. The van der Waals surface area contributed by atoms with Crippen molar-refractivity contribution in [2.75, 3.05) is 20.8 Å². The van der Waals surface area contributed by atoms with Gasteiger partial charge in [0.15, 0.2) is 0 Å². The number of hydrogen-bond donors (Lipinski definition) is 0. The highest BCUT2D eigenvalue weighted by molar-refractivity contribution is 5.90. The molecule has 5 heteroatoms. The standard InChI is InChI=1S/C12H18O5/c1-7-10(6-16-15-5)8(2)17-9(3)11(7)12(13)14-4/h7H,6H2,1-5H3. The van der Waals surface area contributed by atoms with Gasteiger partial charge in [0.05, 0.1) is 19.8 Å². The fraction of sp³-hybridized carbons (Fsp3) is 0.583. The minimum atomic E-state index is -0.377. The highest BCUT2D eigenvalue weighted by Gasteiger charge is 2.30. The van der Waals surface area contributed by atoms with Gasteiger partial charge in [-0.2, -0.15) is 0 Å². The molecule has 0 radical (unpaired) electrons. The summed E-state index contributed by atoms with van der Waals surface area (Å²) in [5.74, 6) is 0.825. The fourth-order valence-electron chi connectivity index (χ4n) is 1.91. The second-order valence-electron chi connectivity index (χ2n) is 3.80.